The second-order valence-electron chi connectivity index (χ2n) is 3.70. The summed E-state index contributed by atoms with van der Waals surface area (Å²) in [5.74, 6) is -0.591. The SMILES string of the molecule is O=c1c(I)cncn1Cc1cc(F)ccc1[N+](=O)[O-]. The molecule has 2 rings (SSSR count). The van der Waals surface area contributed by atoms with Crippen molar-refractivity contribution in [3.63, 3.8) is 0 Å². The van der Waals surface area contributed by atoms with Gasteiger partial charge in [-0.1, -0.05) is 0 Å². The highest BCUT2D eigenvalue weighted by atomic mass is 127. The van der Waals surface area contributed by atoms with Gasteiger partial charge in [0.1, 0.15) is 5.82 Å². The molecule has 1 heterocycles. The minimum atomic E-state index is -0.610. The van der Waals surface area contributed by atoms with Crippen LogP contribution in [0.5, 0.6) is 0 Å². The van der Waals surface area contributed by atoms with Crippen molar-refractivity contribution in [1.29, 1.82) is 0 Å². The summed E-state index contributed by atoms with van der Waals surface area (Å²) in [7, 11) is 0. The molecule has 0 aliphatic rings. The van der Waals surface area contributed by atoms with Crippen LogP contribution in [0, 0.1) is 19.5 Å². The number of halogens is 2. The third-order valence-electron chi connectivity index (χ3n) is 2.44. The van der Waals surface area contributed by atoms with Crippen molar-refractivity contribution in [3.8, 4) is 0 Å². The van der Waals surface area contributed by atoms with Gasteiger partial charge in [0.25, 0.3) is 11.2 Å². The maximum Gasteiger partial charge on any atom is 0.274 e. The number of hydrogen-bond acceptors (Lipinski definition) is 4. The smallest absolute Gasteiger partial charge is 0.274 e. The highest BCUT2D eigenvalue weighted by molar-refractivity contribution is 14.1. The molecule has 0 atom stereocenters. The lowest BCUT2D eigenvalue weighted by Crippen LogP contribution is -2.23. The summed E-state index contributed by atoms with van der Waals surface area (Å²) in [6.45, 7) is -0.100. The summed E-state index contributed by atoms with van der Waals surface area (Å²) in [6.07, 6.45) is 2.65. The van der Waals surface area contributed by atoms with E-state index in [9.17, 15) is 19.3 Å². The number of nitro groups is 1. The zero-order valence-corrected chi connectivity index (χ0v) is 11.6. The van der Waals surface area contributed by atoms with Gasteiger partial charge >= 0.3 is 0 Å². The van der Waals surface area contributed by atoms with Crippen LogP contribution in [0.1, 0.15) is 5.56 Å². The van der Waals surface area contributed by atoms with Crippen molar-refractivity contribution < 1.29 is 9.31 Å². The lowest BCUT2D eigenvalue weighted by molar-refractivity contribution is -0.385. The van der Waals surface area contributed by atoms with E-state index in [2.05, 4.69) is 4.98 Å². The van der Waals surface area contributed by atoms with Gasteiger partial charge in [-0.15, -0.1) is 0 Å². The molecular weight excluding hydrogens is 368 g/mol. The molecule has 0 aliphatic heterocycles. The fourth-order valence-corrected chi connectivity index (χ4v) is 2.05. The number of nitrogens with zero attached hydrogens (tertiary/aromatic N) is 3. The molecule has 0 saturated carbocycles. The highest BCUT2D eigenvalue weighted by Crippen LogP contribution is 2.20. The van der Waals surface area contributed by atoms with Crippen LogP contribution in [0.4, 0.5) is 10.1 Å². The molecule has 0 aliphatic carbocycles. The first-order valence-corrected chi connectivity index (χ1v) is 6.19. The first-order chi connectivity index (χ1) is 8.99. The van der Waals surface area contributed by atoms with Crippen LogP contribution in [-0.4, -0.2) is 14.5 Å². The van der Waals surface area contributed by atoms with E-state index in [1.165, 1.54) is 17.1 Å². The zero-order valence-electron chi connectivity index (χ0n) is 9.42. The first kappa shape index (κ1) is 13.6. The summed E-state index contributed by atoms with van der Waals surface area (Å²) in [5.41, 5.74) is -0.433. The topological polar surface area (TPSA) is 78.0 Å². The Balaban J connectivity index is 2.48. The van der Waals surface area contributed by atoms with Gasteiger partial charge in [-0.3, -0.25) is 19.5 Å². The van der Waals surface area contributed by atoms with Crippen LogP contribution in [-0.2, 0) is 6.54 Å². The van der Waals surface area contributed by atoms with Gasteiger partial charge in [0.15, 0.2) is 0 Å². The Kier molecular flexibility index (Phi) is 3.88. The van der Waals surface area contributed by atoms with Gasteiger partial charge < -0.3 is 0 Å². The van der Waals surface area contributed by atoms with Crippen molar-refractivity contribution in [2.45, 2.75) is 6.54 Å². The van der Waals surface area contributed by atoms with E-state index in [1.807, 2.05) is 22.6 Å². The molecule has 8 heteroatoms. The number of rotatable bonds is 3. The zero-order chi connectivity index (χ0) is 14.0. The Morgan fingerprint density at radius 1 is 1.47 bits per heavy atom. The largest absolute Gasteiger partial charge is 0.294 e. The standard InChI is InChI=1S/C11H7FIN3O3/c12-8-1-2-10(16(18)19)7(3-8)5-15-6-14-4-9(13)11(15)17/h1-4,6H,5H2. The van der Waals surface area contributed by atoms with E-state index in [-0.39, 0.29) is 23.4 Å². The second kappa shape index (κ2) is 5.43. The molecule has 0 bridgehead atoms. The van der Waals surface area contributed by atoms with Gasteiger partial charge in [0.2, 0.25) is 0 Å². The molecular formula is C11H7FIN3O3. The van der Waals surface area contributed by atoms with Crippen molar-refractivity contribution in [3.05, 3.63) is 66.1 Å². The van der Waals surface area contributed by atoms with E-state index in [0.29, 0.717) is 3.57 Å². The molecule has 0 unspecified atom stereocenters. The Morgan fingerprint density at radius 3 is 2.89 bits per heavy atom. The lowest BCUT2D eigenvalue weighted by atomic mass is 10.1. The Morgan fingerprint density at radius 2 is 2.21 bits per heavy atom. The predicted molar refractivity (Wildman–Crippen MR) is 73.4 cm³/mol. The van der Waals surface area contributed by atoms with Gasteiger partial charge in [-0.25, -0.2) is 9.37 Å². The average molecular weight is 375 g/mol. The van der Waals surface area contributed by atoms with E-state index >= 15 is 0 Å². The monoisotopic (exact) mass is 375 g/mol. The average Bonchev–Trinajstić information content (AvgIpc) is 2.35. The molecule has 1 aromatic carbocycles. The third-order valence-corrected chi connectivity index (χ3v) is 3.18. The summed E-state index contributed by atoms with van der Waals surface area (Å²) in [6, 6.07) is 3.14. The van der Waals surface area contributed by atoms with Crippen LogP contribution in [0.2, 0.25) is 0 Å². The van der Waals surface area contributed by atoms with E-state index in [4.69, 9.17) is 0 Å². The van der Waals surface area contributed by atoms with Crippen LogP contribution >= 0.6 is 22.6 Å². The third kappa shape index (κ3) is 2.95. The van der Waals surface area contributed by atoms with Gasteiger partial charge in [0, 0.05) is 12.3 Å². The minimum absolute atomic E-state index is 0.100. The van der Waals surface area contributed by atoms with Gasteiger partial charge in [0.05, 0.1) is 26.9 Å². The molecule has 1 aromatic heterocycles. The van der Waals surface area contributed by atoms with Crippen molar-refractivity contribution >= 4 is 28.3 Å². The molecule has 2 aromatic rings. The highest BCUT2D eigenvalue weighted by Gasteiger charge is 2.15. The Hall–Kier alpha value is -1.84. The summed E-state index contributed by atoms with van der Waals surface area (Å²) in [4.78, 5) is 25.9. The van der Waals surface area contributed by atoms with Crippen LogP contribution < -0.4 is 5.56 Å². The van der Waals surface area contributed by atoms with Crippen LogP contribution in [0.3, 0.4) is 0 Å². The molecule has 98 valence electrons. The van der Waals surface area contributed by atoms with E-state index in [0.717, 1.165) is 18.2 Å². The van der Waals surface area contributed by atoms with E-state index in [1.54, 1.807) is 0 Å². The maximum atomic E-state index is 13.2. The molecule has 6 nitrogen and oxygen atoms in total. The molecule has 0 radical (unpaired) electrons. The quantitative estimate of drug-likeness (QED) is 0.467. The molecule has 0 spiro atoms. The second-order valence-corrected chi connectivity index (χ2v) is 4.87. The van der Waals surface area contributed by atoms with Crippen LogP contribution in [0.15, 0.2) is 35.5 Å². The molecule has 0 fully saturated rings. The molecule has 0 saturated heterocycles. The fraction of sp³-hybridized carbons (Fsp3) is 0.0909. The summed E-state index contributed by atoms with van der Waals surface area (Å²) >= 11 is 1.82. The van der Waals surface area contributed by atoms with Crippen molar-refractivity contribution in [2.24, 2.45) is 0 Å². The summed E-state index contributed by atoms with van der Waals surface area (Å²) < 4.78 is 14.8. The van der Waals surface area contributed by atoms with Crippen LogP contribution in [0.25, 0.3) is 0 Å². The number of nitro benzene ring substituents is 1. The molecule has 0 N–H and O–H groups in total. The first-order valence-electron chi connectivity index (χ1n) is 5.12. The number of hydrogen-bond donors (Lipinski definition) is 0. The predicted octanol–water partition coefficient (Wildman–Crippen LogP) is 1.94. The van der Waals surface area contributed by atoms with Gasteiger partial charge in [-0.05, 0) is 34.7 Å². The minimum Gasteiger partial charge on any atom is -0.294 e. The Bertz CT molecular complexity index is 702. The van der Waals surface area contributed by atoms with Crippen molar-refractivity contribution in [1.82, 2.24) is 9.55 Å². The van der Waals surface area contributed by atoms with Crippen molar-refractivity contribution in [2.75, 3.05) is 0 Å². The molecule has 0 amide bonds. The fourth-order valence-electron chi connectivity index (χ4n) is 1.58. The number of aromatic nitrogens is 2. The van der Waals surface area contributed by atoms with E-state index < -0.39 is 10.7 Å². The summed E-state index contributed by atoms with van der Waals surface area (Å²) in [5, 5.41) is 10.9. The Labute approximate surface area is 120 Å². The normalized spacial score (nSPS) is 10.4. The maximum absolute atomic E-state index is 13.2. The number of benzene rings is 1. The lowest BCUT2D eigenvalue weighted by Gasteiger charge is -2.06. The molecule has 19 heavy (non-hydrogen) atoms. The van der Waals surface area contributed by atoms with Gasteiger partial charge in [-0.2, -0.15) is 0 Å².